The lowest BCUT2D eigenvalue weighted by Crippen LogP contribution is -2.36. The molecule has 0 saturated carbocycles. The van der Waals surface area contributed by atoms with E-state index in [1.165, 1.54) is 12.1 Å². The van der Waals surface area contributed by atoms with E-state index in [4.69, 9.17) is 16.3 Å². The van der Waals surface area contributed by atoms with Crippen LogP contribution in [0.4, 0.5) is 4.39 Å². The molecular weight excluding hydrogens is 269 g/mol. The third-order valence-corrected chi connectivity index (χ3v) is 3.17. The molecule has 0 aromatic heterocycles. The number of hydrogen-bond donors (Lipinski definition) is 1. The van der Waals surface area contributed by atoms with Crippen molar-refractivity contribution in [2.45, 2.75) is 39.3 Å². The highest BCUT2D eigenvalue weighted by atomic mass is 35.5. The fraction of sp³-hybridized carbons (Fsp3) is 0.500. The second-order valence-corrected chi connectivity index (χ2v) is 4.71. The highest BCUT2D eigenvalue weighted by molar-refractivity contribution is 6.30. The number of nitrogens with one attached hydrogen (secondary N) is 1. The van der Waals surface area contributed by atoms with Crippen LogP contribution in [0.15, 0.2) is 18.2 Å². The van der Waals surface area contributed by atoms with E-state index < -0.39 is 17.8 Å². The average Bonchev–Trinajstić information content (AvgIpc) is 2.39. The molecule has 0 bridgehead atoms. The first kappa shape index (κ1) is 15.9. The molecule has 106 valence electrons. The molecular formula is C14H19ClFNO2. The van der Waals surface area contributed by atoms with Crippen molar-refractivity contribution in [3.05, 3.63) is 34.6 Å². The zero-order chi connectivity index (χ0) is 14.4. The van der Waals surface area contributed by atoms with Crippen molar-refractivity contribution in [2.75, 3.05) is 6.61 Å². The second-order valence-electron chi connectivity index (χ2n) is 4.30. The van der Waals surface area contributed by atoms with Gasteiger partial charge in [0.05, 0.1) is 11.6 Å². The number of carbonyl (C=O) groups is 1. The minimum atomic E-state index is -0.839. The van der Waals surface area contributed by atoms with Gasteiger partial charge in [-0.2, -0.15) is 0 Å². The van der Waals surface area contributed by atoms with Gasteiger partial charge in [-0.25, -0.2) is 9.18 Å². The lowest BCUT2D eigenvalue weighted by Gasteiger charge is -2.22. The Balaban J connectivity index is 3.07. The number of carbonyl (C=O) groups excluding carboxylic acids is 1. The smallest absolute Gasteiger partial charge is 0.327 e. The van der Waals surface area contributed by atoms with Crippen LogP contribution in [0.3, 0.4) is 0 Å². The van der Waals surface area contributed by atoms with E-state index in [-0.39, 0.29) is 23.2 Å². The Morgan fingerprint density at radius 3 is 2.74 bits per heavy atom. The normalized spacial score (nSPS) is 13.9. The lowest BCUT2D eigenvalue weighted by atomic mass is 10.0. The van der Waals surface area contributed by atoms with Gasteiger partial charge in [0, 0.05) is 11.6 Å². The molecule has 19 heavy (non-hydrogen) atoms. The third-order valence-electron chi connectivity index (χ3n) is 2.88. The number of rotatable bonds is 6. The summed E-state index contributed by atoms with van der Waals surface area (Å²) in [4.78, 5) is 12.0. The zero-order valence-corrected chi connectivity index (χ0v) is 12.1. The molecule has 0 fully saturated rings. The van der Waals surface area contributed by atoms with Crippen molar-refractivity contribution >= 4 is 17.6 Å². The van der Waals surface area contributed by atoms with Crippen LogP contribution in [-0.2, 0) is 9.53 Å². The first-order chi connectivity index (χ1) is 9.01. The topological polar surface area (TPSA) is 38.3 Å². The van der Waals surface area contributed by atoms with Crippen molar-refractivity contribution < 1.29 is 13.9 Å². The van der Waals surface area contributed by atoms with Crippen LogP contribution in [0.2, 0.25) is 5.02 Å². The maximum absolute atomic E-state index is 14.0. The van der Waals surface area contributed by atoms with Crippen molar-refractivity contribution in [1.82, 2.24) is 5.32 Å². The van der Waals surface area contributed by atoms with Gasteiger partial charge in [-0.05, 0) is 26.3 Å². The standard InChI is InChI=1S/C14H19ClFNO2/c1-4-9(3)17-13(14(18)19-5-2)10-7-6-8-11(15)12(10)16/h6-9,13,17H,4-5H2,1-3H3. The molecule has 0 heterocycles. The first-order valence-electron chi connectivity index (χ1n) is 6.37. The predicted octanol–water partition coefficient (Wildman–Crippen LogP) is 3.47. The van der Waals surface area contributed by atoms with E-state index in [0.717, 1.165) is 6.42 Å². The van der Waals surface area contributed by atoms with Gasteiger partial charge >= 0.3 is 5.97 Å². The molecule has 5 heteroatoms. The Bertz CT molecular complexity index is 439. The average molecular weight is 288 g/mol. The molecule has 1 aromatic carbocycles. The van der Waals surface area contributed by atoms with Crippen LogP contribution in [0.25, 0.3) is 0 Å². The molecule has 0 aliphatic heterocycles. The van der Waals surface area contributed by atoms with Crippen molar-refractivity contribution in [3.63, 3.8) is 0 Å². The Labute approximate surface area is 118 Å². The number of esters is 1. The van der Waals surface area contributed by atoms with Crippen molar-refractivity contribution in [3.8, 4) is 0 Å². The SMILES string of the molecule is CCOC(=O)C(NC(C)CC)c1cccc(Cl)c1F. The monoisotopic (exact) mass is 287 g/mol. The molecule has 0 spiro atoms. The highest BCUT2D eigenvalue weighted by Gasteiger charge is 2.26. The molecule has 3 nitrogen and oxygen atoms in total. The van der Waals surface area contributed by atoms with E-state index >= 15 is 0 Å². The summed E-state index contributed by atoms with van der Waals surface area (Å²) in [7, 11) is 0. The van der Waals surface area contributed by atoms with Gasteiger partial charge in [0.15, 0.2) is 0 Å². The molecule has 2 unspecified atom stereocenters. The van der Waals surface area contributed by atoms with Crippen LogP contribution in [0, 0.1) is 5.82 Å². The van der Waals surface area contributed by atoms with E-state index in [9.17, 15) is 9.18 Å². The van der Waals surface area contributed by atoms with Crippen molar-refractivity contribution in [2.24, 2.45) is 0 Å². The summed E-state index contributed by atoms with van der Waals surface area (Å²) >= 11 is 5.76. The van der Waals surface area contributed by atoms with E-state index in [1.807, 2.05) is 13.8 Å². The molecule has 0 saturated heterocycles. The summed E-state index contributed by atoms with van der Waals surface area (Å²) in [5, 5.41) is 3.06. The molecule has 0 amide bonds. The number of halogens is 2. The second kappa shape index (κ2) is 7.46. The van der Waals surface area contributed by atoms with Crippen LogP contribution in [0.1, 0.15) is 38.8 Å². The molecule has 1 rings (SSSR count). The molecule has 0 aliphatic carbocycles. The summed E-state index contributed by atoms with van der Waals surface area (Å²) in [5.74, 6) is -1.08. The third kappa shape index (κ3) is 4.18. The molecule has 1 aromatic rings. The van der Waals surface area contributed by atoms with Crippen LogP contribution in [-0.4, -0.2) is 18.6 Å². The number of benzene rings is 1. The van der Waals surface area contributed by atoms with Crippen molar-refractivity contribution in [1.29, 1.82) is 0 Å². The summed E-state index contributed by atoms with van der Waals surface area (Å²) in [6, 6.07) is 3.83. The Kier molecular flexibility index (Phi) is 6.25. The van der Waals surface area contributed by atoms with Crippen LogP contribution in [0.5, 0.6) is 0 Å². The predicted molar refractivity (Wildman–Crippen MR) is 73.7 cm³/mol. The molecule has 0 radical (unpaired) electrons. The molecule has 2 atom stereocenters. The minimum absolute atomic E-state index is 0.00208. The Morgan fingerprint density at radius 2 is 2.16 bits per heavy atom. The first-order valence-corrected chi connectivity index (χ1v) is 6.75. The van der Waals surface area contributed by atoms with Gasteiger partial charge in [0.2, 0.25) is 0 Å². The Hall–Kier alpha value is -1.13. The molecule has 1 N–H and O–H groups in total. The maximum atomic E-state index is 14.0. The van der Waals surface area contributed by atoms with E-state index in [1.54, 1.807) is 13.0 Å². The summed E-state index contributed by atoms with van der Waals surface area (Å²) in [5.41, 5.74) is 0.214. The fourth-order valence-electron chi connectivity index (χ4n) is 1.66. The van der Waals surface area contributed by atoms with Gasteiger partial charge in [0.1, 0.15) is 11.9 Å². The van der Waals surface area contributed by atoms with Crippen LogP contribution >= 0.6 is 11.6 Å². The van der Waals surface area contributed by atoms with Gasteiger partial charge in [-0.15, -0.1) is 0 Å². The molecule has 0 aliphatic rings. The largest absolute Gasteiger partial charge is 0.465 e. The van der Waals surface area contributed by atoms with Gasteiger partial charge in [-0.1, -0.05) is 30.7 Å². The zero-order valence-electron chi connectivity index (χ0n) is 11.4. The number of hydrogen-bond acceptors (Lipinski definition) is 3. The Morgan fingerprint density at radius 1 is 1.47 bits per heavy atom. The fourth-order valence-corrected chi connectivity index (χ4v) is 1.84. The lowest BCUT2D eigenvalue weighted by molar-refractivity contribution is -0.146. The number of ether oxygens (including phenoxy) is 1. The van der Waals surface area contributed by atoms with E-state index in [2.05, 4.69) is 5.32 Å². The summed E-state index contributed by atoms with van der Waals surface area (Å²) in [6.07, 6.45) is 0.818. The van der Waals surface area contributed by atoms with Gasteiger partial charge < -0.3 is 4.74 Å². The van der Waals surface area contributed by atoms with E-state index in [0.29, 0.717) is 0 Å². The quantitative estimate of drug-likeness (QED) is 0.814. The highest BCUT2D eigenvalue weighted by Crippen LogP contribution is 2.25. The maximum Gasteiger partial charge on any atom is 0.327 e. The summed E-state index contributed by atoms with van der Waals surface area (Å²) < 4.78 is 19.0. The van der Waals surface area contributed by atoms with Gasteiger partial charge in [0.25, 0.3) is 0 Å². The van der Waals surface area contributed by atoms with Crippen LogP contribution < -0.4 is 5.32 Å². The minimum Gasteiger partial charge on any atom is -0.465 e. The van der Waals surface area contributed by atoms with Gasteiger partial charge in [-0.3, -0.25) is 5.32 Å². The summed E-state index contributed by atoms with van der Waals surface area (Å²) in [6.45, 7) is 5.87.